The highest BCUT2D eigenvalue weighted by Crippen LogP contribution is 2.19. The fraction of sp³-hybridized carbons (Fsp3) is 0.444. The van der Waals surface area contributed by atoms with Gasteiger partial charge in [-0.3, -0.25) is 0 Å². The molecule has 1 atom stereocenters. The molecule has 0 aliphatic rings. The number of anilines is 1. The molecule has 0 bridgehead atoms. The number of nitrogens with one attached hydrogen (secondary N) is 2. The SMILES string of the molecule is COCC(C)Nc1nc(Cl)nc2nc[nH]c12. The normalized spacial score (nSPS) is 12.9. The number of fused-ring (bicyclic) bond motifs is 1. The Morgan fingerprint density at radius 2 is 2.38 bits per heavy atom. The van der Waals surface area contributed by atoms with Gasteiger partial charge in [-0.15, -0.1) is 0 Å². The van der Waals surface area contributed by atoms with E-state index in [4.69, 9.17) is 16.3 Å². The molecule has 0 radical (unpaired) electrons. The summed E-state index contributed by atoms with van der Waals surface area (Å²) in [7, 11) is 1.65. The average Bonchev–Trinajstić information content (AvgIpc) is 2.65. The highest BCUT2D eigenvalue weighted by atomic mass is 35.5. The number of nitrogens with zero attached hydrogens (tertiary/aromatic N) is 3. The second kappa shape index (κ2) is 4.63. The number of H-pyrrole nitrogens is 1. The lowest BCUT2D eigenvalue weighted by molar-refractivity contribution is 0.190. The first-order chi connectivity index (χ1) is 7.70. The van der Waals surface area contributed by atoms with Crippen LogP contribution in [-0.2, 0) is 4.74 Å². The molecule has 0 spiro atoms. The van der Waals surface area contributed by atoms with Crippen LogP contribution in [0.1, 0.15) is 6.92 Å². The molecule has 0 amide bonds. The maximum absolute atomic E-state index is 5.79. The molecule has 0 aromatic carbocycles. The van der Waals surface area contributed by atoms with Gasteiger partial charge in [0.1, 0.15) is 5.52 Å². The largest absolute Gasteiger partial charge is 0.383 e. The molecule has 0 aliphatic heterocycles. The first-order valence-electron chi connectivity index (χ1n) is 4.83. The maximum Gasteiger partial charge on any atom is 0.226 e. The summed E-state index contributed by atoms with van der Waals surface area (Å²) in [6.07, 6.45) is 1.56. The summed E-state index contributed by atoms with van der Waals surface area (Å²) in [6.45, 7) is 2.57. The van der Waals surface area contributed by atoms with E-state index in [1.165, 1.54) is 0 Å². The first-order valence-corrected chi connectivity index (χ1v) is 5.20. The number of aromatic nitrogens is 4. The molecule has 7 heteroatoms. The second-order valence-corrected chi connectivity index (χ2v) is 3.78. The molecule has 2 heterocycles. The number of imidazole rings is 1. The van der Waals surface area contributed by atoms with Crippen molar-refractivity contribution >= 4 is 28.6 Å². The standard InChI is InChI=1S/C9H12ClN5O/c1-5(3-16-2)13-8-6-7(12-4-11-6)14-9(10)15-8/h4-5H,3H2,1-2H3,(H2,11,12,13,14,15). The highest BCUT2D eigenvalue weighted by molar-refractivity contribution is 6.28. The third-order valence-corrected chi connectivity index (χ3v) is 2.23. The average molecular weight is 242 g/mol. The molecular formula is C9H12ClN5O. The molecular weight excluding hydrogens is 230 g/mol. The quantitative estimate of drug-likeness (QED) is 0.793. The minimum atomic E-state index is 0.127. The van der Waals surface area contributed by atoms with Crippen molar-refractivity contribution < 1.29 is 4.74 Å². The van der Waals surface area contributed by atoms with Crippen LogP contribution in [0.4, 0.5) is 5.82 Å². The molecule has 1 unspecified atom stereocenters. The third-order valence-electron chi connectivity index (χ3n) is 2.06. The Balaban J connectivity index is 2.31. The summed E-state index contributed by atoms with van der Waals surface area (Å²) < 4.78 is 5.03. The Bertz CT molecular complexity index is 486. The number of rotatable bonds is 4. The number of methoxy groups -OCH3 is 1. The van der Waals surface area contributed by atoms with Crippen LogP contribution in [0.25, 0.3) is 11.2 Å². The molecule has 2 aromatic rings. The predicted molar refractivity (Wildman–Crippen MR) is 61.7 cm³/mol. The maximum atomic E-state index is 5.79. The van der Waals surface area contributed by atoms with E-state index < -0.39 is 0 Å². The summed E-state index contributed by atoms with van der Waals surface area (Å²) in [6, 6.07) is 0.127. The Kier molecular flexibility index (Phi) is 3.21. The fourth-order valence-electron chi connectivity index (χ4n) is 1.44. The molecule has 0 saturated heterocycles. The number of hydrogen-bond donors (Lipinski definition) is 2. The van der Waals surface area contributed by atoms with Gasteiger partial charge in [0, 0.05) is 13.2 Å². The zero-order chi connectivity index (χ0) is 11.5. The summed E-state index contributed by atoms with van der Waals surface area (Å²) >= 11 is 5.79. The van der Waals surface area contributed by atoms with Crippen molar-refractivity contribution in [3.05, 3.63) is 11.6 Å². The lowest BCUT2D eigenvalue weighted by atomic mass is 10.3. The minimum Gasteiger partial charge on any atom is -0.383 e. The molecule has 2 N–H and O–H groups in total. The molecule has 6 nitrogen and oxygen atoms in total. The Labute approximate surface area is 97.4 Å². The van der Waals surface area contributed by atoms with E-state index in [1.54, 1.807) is 13.4 Å². The Hall–Kier alpha value is -1.40. The van der Waals surface area contributed by atoms with Crippen molar-refractivity contribution in [2.45, 2.75) is 13.0 Å². The number of aromatic amines is 1. The van der Waals surface area contributed by atoms with Crippen LogP contribution in [0.2, 0.25) is 5.28 Å². The molecule has 16 heavy (non-hydrogen) atoms. The monoisotopic (exact) mass is 241 g/mol. The van der Waals surface area contributed by atoms with Crippen LogP contribution in [-0.4, -0.2) is 39.7 Å². The van der Waals surface area contributed by atoms with Gasteiger partial charge in [-0.1, -0.05) is 0 Å². The molecule has 2 aromatic heterocycles. The number of ether oxygens (including phenoxy) is 1. The van der Waals surface area contributed by atoms with Crippen molar-refractivity contribution in [3.63, 3.8) is 0 Å². The molecule has 0 fully saturated rings. The van der Waals surface area contributed by atoms with E-state index in [0.29, 0.717) is 18.1 Å². The Morgan fingerprint density at radius 1 is 1.56 bits per heavy atom. The van der Waals surface area contributed by atoms with Gasteiger partial charge in [0.05, 0.1) is 12.9 Å². The van der Waals surface area contributed by atoms with Gasteiger partial charge in [-0.2, -0.15) is 9.97 Å². The van der Waals surface area contributed by atoms with E-state index in [2.05, 4.69) is 25.3 Å². The van der Waals surface area contributed by atoms with Crippen molar-refractivity contribution in [1.29, 1.82) is 0 Å². The van der Waals surface area contributed by atoms with Gasteiger partial charge >= 0.3 is 0 Å². The molecule has 86 valence electrons. The van der Waals surface area contributed by atoms with Gasteiger partial charge in [0.25, 0.3) is 0 Å². The van der Waals surface area contributed by atoms with E-state index in [1.807, 2.05) is 6.92 Å². The second-order valence-electron chi connectivity index (χ2n) is 3.44. The van der Waals surface area contributed by atoms with Crippen LogP contribution in [0.5, 0.6) is 0 Å². The summed E-state index contributed by atoms with van der Waals surface area (Å²) in [4.78, 5) is 15.1. The van der Waals surface area contributed by atoms with Crippen LogP contribution < -0.4 is 5.32 Å². The summed E-state index contributed by atoms with van der Waals surface area (Å²) in [5.74, 6) is 0.636. The topological polar surface area (TPSA) is 75.7 Å². The zero-order valence-electron chi connectivity index (χ0n) is 8.99. The van der Waals surface area contributed by atoms with Gasteiger partial charge < -0.3 is 15.0 Å². The van der Waals surface area contributed by atoms with Gasteiger partial charge in [0.15, 0.2) is 11.5 Å². The van der Waals surface area contributed by atoms with Crippen LogP contribution >= 0.6 is 11.6 Å². The van der Waals surface area contributed by atoms with Crippen molar-refractivity contribution in [3.8, 4) is 0 Å². The zero-order valence-corrected chi connectivity index (χ0v) is 9.75. The van der Waals surface area contributed by atoms with Crippen LogP contribution in [0.3, 0.4) is 0 Å². The van der Waals surface area contributed by atoms with E-state index in [0.717, 1.165) is 5.52 Å². The summed E-state index contributed by atoms with van der Waals surface area (Å²) in [5, 5.41) is 3.35. The lowest BCUT2D eigenvalue weighted by Gasteiger charge is -2.13. The number of hydrogen-bond acceptors (Lipinski definition) is 5. The van der Waals surface area contributed by atoms with Gasteiger partial charge in [-0.05, 0) is 18.5 Å². The molecule has 0 aliphatic carbocycles. The highest BCUT2D eigenvalue weighted by Gasteiger charge is 2.10. The third kappa shape index (κ3) is 2.23. The Morgan fingerprint density at radius 3 is 3.12 bits per heavy atom. The van der Waals surface area contributed by atoms with Crippen molar-refractivity contribution in [1.82, 2.24) is 19.9 Å². The van der Waals surface area contributed by atoms with Crippen LogP contribution in [0.15, 0.2) is 6.33 Å². The van der Waals surface area contributed by atoms with E-state index in [9.17, 15) is 0 Å². The molecule has 2 rings (SSSR count). The predicted octanol–water partition coefficient (Wildman–Crippen LogP) is 1.45. The first kappa shape index (κ1) is 11.1. The summed E-state index contributed by atoms with van der Waals surface area (Å²) in [5.41, 5.74) is 1.29. The van der Waals surface area contributed by atoms with Crippen molar-refractivity contribution in [2.75, 3.05) is 19.0 Å². The molecule has 0 saturated carbocycles. The minimum absolute atomic E-state index is 0.127. The fourth-order valence-corrected chi connectivity index (χ4v) is 1.60. The van der Waals surface area contributed by atoms with Gasteiger partial charge in [0.2, 0.25) is 5.28 Å². The van der Waals surface area contributed by atoms with Crippen LogP contribution in [0, 0.1) is 0 Å². The van der Waals surface area contributed by atoms with Gasteiger partial charge in [-0.25, -0.2) is 4.98 Å². The lowest BCUT2D eigenvalue weighted by Crippen LogP contribution is -2.21. The smallest absolute Gasteiger partial charge is 0.226 e. The number of halogens is 1. The van der Waals surface area contributed by atoms with E-state index >= 15 is 0 Å². The van der Waals surface area contributed by atoms with Crippen molar-refractivity contribution in [2.24, 2.45) is 0 Å². The van der Waals surface area contributed by atoms with E-state index in [-0.39, 0.29) is 11.3 Å².